The first-order valence-corrected chi connectivity index (χ1v) is 7.96. The molecule has 1 aliphatic heterocycles. The number of aryl methyl sites for hydroxylation is 1. The van der Waals surface area contributed by atoms with E-state index >= 15 is 0 Å². The summed E-state index contributed by atoms with van der Waals surface area (Å²) in [5, 5.41) is 0. The van der Waals surface area contributed by atoms with Crippen molar-refractivity contribution in [2.24, 2.45) is 17.4 Å². The Morgan fingerprint density at radius 3 is 2.43 bits per heavy atom. The molecule has 1 heterocycles. The quantitative estimate of drug-likeness (QED) is 0.839. The number of amides is 1. The number of rotatable bonds is 6. The van der Waals surface area contributed by atoms with Gasteiger partial charge in [-0.25, -0.2) is 0 Å². The molecule has 116 valence electrons. The number of benzene rings is 1. The van der Waals surface area contributed by atoms with Gasteiger partial charge in [0.1, 0.15) is 0 Å². The predicted octanol–water partition coefficient (Wildman–Crippen LogP) is 1.84. The number of carbonyl (C=O) groups excluding carboxylic acids is 1. The van der Waals surface area contributed by atoms with E-state index in [2.05, 4.69) is 36.1 Å². The Morgan fingerprint density at radius 1 is 1.29 bits per heavy atom. The van der Waals surface area contributed by atoms with Crippen LogP contribution in [0.2, 0.25) is 0 Å². The van der Waals surface area contributed by atoms with Crippen molar-refractivity contribution in [3.05, 3.63) is 35.4 Å². The second kappa shape index (κ2) is 7.57. The number of piperidine rings is 1. The molecule has 0 spiro atoms. The lowest BCUT2D eigenvalue weighted by atomic mass is 9.95. The molecule has 4 heteroatoms. The van der Waals surface area contributed by atoms with Crippen molar-refractivity contribution in [2.75, 3.05) is 19.6 Å². The highest BCUT2D eigenvalue weighted by Crippen LogP contribution is 2.20. The summed E-state index contributed by atoms with van der Waals surface area (Å²) in [7, 11) is 0. The van der Waals surface area contributed by atoms with Crippen LogP contribution in [0, 0.1) is 5.92 Å². The van der Waals surface area contributed by atoms with Crippen molar-refractivity contribution in [1.82, 2.24) is 4.90 Å². The van der Waals surface area contributed by atoms with Crippen LogP contribution in [0.4, 0.5) is 0 Å². The standard InChI is InChI=1S/C17H27N3O/c1-2-3-13-4-6-14(7-5-13)16(18)12-20-10-8-15(9-11-20)17(19)21/h4-7,15-16H,2-3,8-12,18H2,1H3,(H2,19,21). The van der Waals surface area contributed by atoms with Gasteiger partial charge in [0.05, 0.1) is 0 Å². The van der Waals surface area contributed by atoms with Crippen LogP contribution in [0.1, 0.15) is 43.4 Å². The van der Waals surface area contributed by atoms with Crippen molar-refractivity contribution in [3.8, 4) is 0 Å². The molecule has 21 heavy (non-hydrogen) atoms. The van der Waals surface area contributed by atoms with Gasteiger partial charge >= 0.3 is 0 Å². The molecule has 1 aliphatic rings. The van der Waals surface area contributed by atoms with Gasteiger partial charge in [0.2, 0.25) is 5.91 Å². The van der Waals surface area contributed by atoms with Crippen LogP contribution in [0.5, 0.6) is 0 Å². The maximum absolute atomic E-state index is 11.2. The molecule has 1 aromatic carbocycles. The topological polar surface area (TPSA) is 72.3 Å². The van der Waals surface area contributed by atoms with E-state index in [0.717, 1.165) is 38.9 Å². The first kappa shape index (κ1) is 16.0. The second-order valence-corrected chi connectivity index (χ2v) is 6.08. The highest BCUT2D eigenvalue weighted by atomic mass is 16.1. The highest BCUT2D eigenvalue weighted by Gasteiger charge is 2.24. The third-order valence-corrected chi connectivity index (χ3v) is 4.39. The van der Waals surface area contributed by atoms with Crippen LogP contribution in [0.15, 0.2) is 24.3 Å². The number of carbonyl (C=O) groups is 1. The number of primary amides is 1. The van der Waals surface area contributed by atoms with Gasteiger partial charge in [-0.2, -0.15) is 0 Å². The van der Waals surface area contributed by atoms with E-state index in [1.54, 1.807) is 0 Å². The smallest absolute Gasteiger partial charge is 0.220 e. The Kier molecular flexibility index (Phi) is 5.76. The monoisotopic (exact) mass is 289 g/mol. The van der Waals surface area contributed by atoms with E-state index in [-0.39, 0.29) is 17.9 Å². The Morgan fingerprint density at radius 2 is 1.90 bits per heavy atom. The van der Waals surface area contributed by atoms with E-state index in [9.17, 15) is 4.79 Å². The Labute approximate surface area is 127 Å². The number of nitrogens with two attached hydrogens (primary N) is 2. The molecule has 0 aliphatic carbocycles. The van der Waals surface area contributed by atoms with E-state index in [1.807, 2.05) is 0 Å². The van der Waals surface area contributed by atoms with Crippen molar-refractivity contribution in [1.29, 1.82) is 0 Å². The predicted molar refractivity (Wildman–Crippen MR) is 85.7 cm³/mol. The van der Waals surface area contributed by atoms with Gasteiger partial charge in [0, 0.05) is 18.5 Å². The van der Waals surface area contributed by atoms with Crippen LogP contribution in [-0.2, 0) is 11.2 Å². The average molecular weight is 289 g/mol. The van der Waals surface area contributed by atoms with Gasteiger partial charge < -0.3 is 16.4 Å². The number of likely N-dealkylation sites (tertiary alicyclic amines) is 1. The zero-order valence-electron chi connectivity index (χ0n) is 12.9. The Balaban J connectivity index is 1.84. The molecule has 4 N–H and O–H groups in total. The summed E-state index contributed by atoms with van der Waals surface area (Å²) < 4.78 is 0. The van der Waals surface area contributed by atoms with Gasteiger partial charge in [-0.05, 0) is 43.5 Å². The lowest BCUT2D eigenvalue weighted by molar-refractivity contribution is -0.123. The number of nitrogens with zero attached hydrogens (tertiary/aromatic N) is 1. The van der Waals surface area contributed by atoms with Gasteiger partial charge in [-0.1, -0.05) is 37.6 Å². The molecule has 1 aromatic rings. The molecule has 0 aromatic heterocycles. The Hall–Kier alpha value is -1.39. The maximum Gasteiger partial charge on any atom is 0.220 e. The molecular formula is C17H27N3O. The maximum atomic E-state index is 11.2. The fourth-order valence-electron chi connectivity index (χ4n) is 3.00. The summed E-state index contributed by atoms with van der Waals surface area (Å²) in [4.78, 5) is 13.5. The molecule has 1 saturated heterocycles. The van der Waals surface area contributed by atoms with Gasteiger partial charge in [0.15, 0.2) is 0 Å². The summed E-state index contributed by atoms with van der Waals surface area (Å²) in [5.41, 5.74) is 14.2. The summed E-state index contributed by atoms with van der Waals surface area (Å²) in [6.07, 6.45) is 4.01. The zero-order valence-corrected chi connectivity index (χ0v) is 12.9. The molecule has 0 saturated carbocycles. The molecule has 1 amide bonds. The molecule has 0 radical (unpaired) electrons. The lowest BCUT2D eigenvalue weighted by Gasteiger charge is -2.32. The van der Waals surface area contributed by atoms with Crippen LogP contribution >= 0.6 is 0 Å². The summed E-state index contributed by atoms with van der Waals surface area (Å²) in [6, 6.07) is 8.68. The summed E-state index contributed by atoms with van der Waals surface area (Å²) >= 11 is 0. The van der Waals surface area contributed by atoms with E-state index < -0.39 is 0 Å². The number of hydrogen-bond acceptors (Lipinski definition) is 3. The number of hydrogen-bond donors (Lipinski definition) is 2. The first-order valence-electron chi connectivity index (χ1n) is 7.96. The molecule has 2 rings (SSSR count). The zero-order chi connectivity index (χ0) is 15.2. The fraction of sp³-hybridized carbons (Fsp3) is 0.588. The lowest BCUT2D eigenvalue weighted by Crippen LogP contribution is -2.41. The minimum absolute atomic E-state index is 0.0332. The largest absolute Gasteiger partial charge is 0.369 e. The summed E-state index contributed by atoms with van der Waals surface area (Å²) in [6.45, 7) is 4.86. The third kappa shape index (κ3) is 4.55. The van der Waals surface area contributed by atoms with Crippen LogP contribution in [0.25, 0.3) is 0 Å². The SMILES string of the molecule is CCCc1ccc(C(N)CN2CCC(C(N)=O)CC2)cc1. The fourth-order valence-corrected chi connectivity index (χ4v) is 3.00. The van der Waals surface area contributed by atoms with Crippen molar-refractivity contribution in [2.45, 2.75) is 38.6 Å². The molecule has 1 atom stereocenters. The Bertz CT molecular complexity index is 450. The minimum atomic E-state index is -0.162. The van der Waals surface area contributed by atoms with Crippen molar-refractivity contribution in [3.63, 3.8) is 0 Å². The second-order valence-electron chi connectivity index (χ2n) is 6.08. The van der Waals surface area contributed by atoms with Crippen molar-refractivity contribution >= 4 is 5.91 Å². The van der Waals surface area contributed by atoms with E-state index in [4.69, 9.17) is 11.5 Å². The molecule has 1 fully saturated rings. The third-order valence-electron chi connectivity index (χ3n) is 4.39. The first-order chi connectivity index (χ1) is 10.1. The minimum Gasteiger partial charge on any atom is -0.369 e. The van der Waals surface area contributed by atoms with Crippen molar-refractivity contribution < 1.29 is 4.79 Å². The van der Waals surface area contributed by atoms with E-state index in [0.29, 0.717) is 0 Å². The van der Waals surface area contributed by atoms with Gasteiger partial charge in [-0.15, -0.1) is 0 Å². The van der Waals surface area contributed by atoms with Gasteiger partial charge in [-0.3, -0.25) is 4.79 Å². The highest BCUT2D eigenvalue weighted by molar-refractivity contribution is 5.76. The molecular weight excluding hydrogens is 262 g/mol. The van der Waals surface area contributed by atoms with Crippen LogP contribution in [-0.4, -0.2) is 30.4 Å². The van der Waals surface area contributed by atoms with Crippen LogP contribution in [0.3, 0.4) is 0 Å². The molecule has 1 unspecified atom stereocenters. The summed E-state index contributed by atoms with van der Waals surface area (Å²) in [5.74, 6) is -0.115. The van der Waals surface area contributed by atoms with E-state index in [1.165, 1.54) is 17.5 Å². The van der Waals surface area contributed by atoms with Gasteiger partial charge in [0.25, 0.3) is 0 Å². The average Bonchev–Trinajstić information content (AvgIpc) is 2.49. The normalized spacial score (nSPS) is 18.6. The molecule has 4 nitrogen and oxygen atoms in total. The van der Waals surface area contributed by atoms with Crippen LogP contribution < -0.4 is 11.5 Å². The molecule has 0 bridgehead atoms.